The SMILES string of the molecule is Cn1ccnc1CC1(N)CCc2cc(F)ccc21. The van der Waals surface area contributed by atoms with Gasteiger partial charge in [0.1, 0.15) is 11.6 Å². The van der Waals surface area contributed by atoms with E-state index in [2.05, 4.69) is 4.98 Å². The summed E-state index contributed by atoms with van der Waals surface area (Å²) < 4.78 is 15.2. The van der Waals surface area contributed by atoms with E-state index in [0.717, 1.165) is 29.8 Å². The molecule has 0 aliphatic heterocycles. The van der Waals surface area contributed by atoms with Gasteiger partial charge in [0.2, 0.25) is 0 Å². The number of hydrogen-bond acceptors (Lipinski definition) is 2. The predicted molar refractivity (Wildman–Crippen MR) is 67.5 cm³/mol. The first-order valence-electron chi connectivity index (χ1n) is 6.12. The number of aromatic nitrogens is 2. The maximum Gasteiger partial charge on any atom is 0.123 e. The van der Waals surface area contributed by atoms with E-state index in [1.807, 2.05) is 23.9 Å². The lowest BCUT2D eigenvalue weighted by molar-refractivity contribution is 0.423. The average molecular weight is 245 g/mol. The predicted octanol–water partition coefficient (Wildman–Crippen LogP) is 1.90. The molecule has 1 aliphatic rings. The zero-order chi connectivity index (χ0) is 12.8. The molecule has 1 aromatic carbocycles. The maximum atomic E-state index is 13.2. The van der Waals surface area contributed by atoms with E-state index in [0.29, 0.717) is 6.42 Å². The summed E-state index contributed by atoms with van der Waals surface area (Å²) in [4.78, 5) is 4.32. The van der Waals surface area contributed by atoms with Crippen LogP contribution in [0.25, 0.3) is 0 Å². The van der Waals surface area contributed by atoms with E-state index < -0.39 is 5.54 Å². The van der Waals surface area contributed by atoms with Gasteiger partial charge in [0.15, 0.2) is 0 Å². The number of rotatable bonds is 2. The van der Waals surface area contributed by atoms with Gasteiger partial charge in [-0.3, -0.25) is 0 Å². The van der Waals surface area contributed by atoms with Gasteiger partial charge in [-0.1, -0.05) is 6.07 Å². The summed E-state index contributed by atoms with van der Waals surface area (Å²) in [5.74, 6) is 0.782. The molecule has 1 unspecified atom stereocenters. The number of aryl methyl sites for hydroxylation is 2. The minimum absolute atomic E-state index is 0.185. The molecule has 0 bridgehead atoms. The van der Waals surface area contributed by atoms with Gasteiger partial charge in [-0.25, -0.2) is 9.37 Å². The number of nitrogens with two attached hydrogens (primary N) is 1. The van der Waals surface area contributed by atoms with Gasteiger partial charge in [-0.05, 0) is 36.1 Å². The minimum atomic E-state index is -0.415. The molecule has 94 valence electrons. The second-order valence-corrected chi connectivity index (χ2v) is 5.09. The Morgan fingerprint density at radius 1 is 1.50 bits per heavy atom. The van der Waals surface area contributed by atoms with E-state index in [1.165, 1.54) is 6.07 Å². The van der Waals surface area contributed by atoms with Crippen LogP contribution in [0.2, 0.25) is 0 Å². The van der Waals surface area contributed by atoms with Crippen LogP contribution in [-0.4, -0.2) is 9.55 Å². The van der Waals surface area contributed by atoms with Crippen molar-refractivity contribution < 1.29 is 4.39 Å². The first-order chi connectivity index (χ1) is 8.58. The molecule has 4 heteroatoms. The molecule has 3 rings (SSSR count). The van der Waals surface area contributed by atoms with Crippen molar-refractivity contribution in [3.8, 4) is 0 Å². The fourth-order valence-electron chi connectivity index (χ4n) is 2.78. The third-order valence-electron chi connectivity index (χ3n) is 3.84. The van der Waals surface area contributed by atoms with Crippen LogP contribution >= 0.6 is 0 Å². The highest BCUT2D eigenvalue weighted by Gasteiger charge is 2.36. The van der Waals surface area contributed by atoms with Gasteiger partial charge in [0.25, 0.3) is 0 Å². The minimum Gasteiger partial charge on any atom is -0.338 e. The third-order valence-corrected chi connectivity index (χ3v) is 3.84. The maximum absolute atomic E-state index is 13.2. The molecule has 1 aliphatic carbocycles. The zero-order valence-electron chi connectivity index (χ0n) is 10.4. The highest BCUT2D eigenvalue weighted by atomic mass is 19.1. The van der Waals surface area contributed by atoms with Gasteiger partial charge in [-0.2, -0.15) is 0 Å². The van der Waals surface area contributed by atoms with E-state index in [4.69, 9.17) is 5.73 Å². The van der Waals surface area contributed by atoms with Crippen molar-refractivity contribution in [2.45, 2.75) is 24.8 Å². The lowest BCUT2D eigenvalue weighted by atomic mass is 9.89. The van der Waals surface area contributed by atoms with Gasteiger partial charge < -0.3 is 10.3 Å². The highest BCUT2D eigenvalue weighted by molar-refractivity contribution is 5.39. The smallest absolute Gasteiger partial charge is 0.123 e. The molecule has 1 atom stereocenters. The second-order valence-electron chi connectivity index (χ2n) is 5.09. The molecule has 0 amide bonds. The lowest BCUT2D eigenvalue weighted by Crippen LogP contribution is -2.37. The van der Waals surface area contributed by atoms with Crippen LogP contribution in [-0.2, 0) is 25.4 Å². The Kier molecular flexibility index (Phi) is 2.48. The summed E-state index contributed by atoms with van der Waals surface area (Å²) in [5, 5.41) is 0. The summed E-state index contributed by atoms with van der Waals surface area (Å²) >= 11 is 0. The molecule has 0 radical (unpaired) electrons. The van der Waals surface area contributed by atoms with Crippen LogP contribution in [0.5, 0.6) is 0 Å². The molecule has 18 heavy (non-hydrogen) atoms. The second kappa shape index (κ2) is 3.92. The Balaban J connectivity index is 1.97. The monoisotopic (exact) mass is 245 g/mol. The van der Waals surface area contributed by atoms with Gasteiger partial charge in [0.05, 0.1) is 0 Å². The van der Waals surface area contributed by atoms with Crippen LogP contribution in [0, 0.1) is 5.82 Å². The van der Waals surface area contributed by atoms with Crippen LogP contribution in [0.15, 0.2) is 30.6 Å². The largest absolute Gasteiger partial charge is 0.338 e. The fraction of sp³-hybridized carbons (Fsp3) is 0.357. The molecule has 0 saturated carbocycles. The summed E-state index contributed by atoms with van der Waals surface area (Å²) in [6.07, 6.45) is 6.07. The standard InChI is InChI=1S/C14H16FN3/c1-18-7-6-17-13(18)9-14(16)5-4-10-8-11(15)2-3-12(10)14/h2-3,6-8H,4-5,9,16H2,1H3. The van der Waals surface area contributed by atoms with Crippen molar-refractivity contribution in [2.75, 3.05) is 0 Å². The van der Waals surface area contributed by atoms with Gasteiger partial charge >= 0.3 is 0 Å². The van der Waals surface area contributed by atoms with Crippen LogP contribution in [0.4, 0.5) is 4.39 Å². The van der Waals surface area contributed by atoms with E-state index in [1.54, 1.807) is 12.3 Å². The van der Waals surface area contributed by atoms with Crippen LogP contribution < -0.4 is 5.73 Å². The van der Waals surface area contributed by atoms with Gasteiger partial charge in [-0.15, -0.1) is 0 Å². The van der Waals surface area contributed by atoms with Crippen LogP contribution in [0.3, 0.4) is 0 Å². The van der Waals surface area contributed by atoms with E-state index in [-0.39, 0.29) is 5.82 Å². The fourth-order valence-corrected chi connectivity index (χ4v) is 2.78. The number of nitrogens with zero attached hydrogens (tertiary/aromatic N) is 2. The van der Waals surface area contributed by atoms with E-state index >= 15 is 0 Å². The molecule has 0 fully saturated rings. The van der Waals surface area contributed by atoms with Gasteiger partial charge in [0, 0.05) is 31.4 Å². The zero-order valence-corrected chi connectivity index (χ0v) is 10.4. The number of benzene rings is 1. The molecule has 0 saturated heterocycles. The van der Waals surface area contributed by atoms with Crippen molar-refractivity contribution in [3.63, 3.8) is 0 Å². The van der Waals surface area contributed by atoms with Crippen molar-refractivity contribution in [2.24, 2.45) is 12.8 Å². The summed E-state index contributed by atoms with van der Waals surface area (Å²) in [7, 11) is 1.96. The highest BCUT2D eigenvalue weighted by Crippen LogP contribution is 2.37. The number of imidazole rings is 1. The first kappa shape index (κ1) is 11.4. The molecular formula is C14H16FN3. The third kappa shape index (κ3) is 1.73. The van der Waals surface area contributed by atoms with E-state index in [9.17, 15) is 4.39 Å². The van der Waals surface area contributed by atoms with Crippen molar-refractivity contribution >= 4 is 0 Å². The van der Waals surface area contributed by atoms with Crippen molar-refractivity contribution in [3.05, 3.63) is 53.4 Å². The Bertz CT molecular complexity index is 590. The molecule has 0 spiro atoms. The van der Waals surface area contributed by atoms with Crippen molar-refractivity contribution in [1.29, 1.82) is 0 Å². The first-order valence-corrected chi connectivity index (χ1v) is 6.12. The quantitative estimate of drug-likeness (QED) is 0.878. The average Bonchev–Trinajstić information content (AvgIpc) is 2.85. The molecule has 3 nitrogen and oxygen atoms in total. The lowest BCUT2D eigenvalue weighted by Gasteiger charge is -2.25. The molecular weight excluding hydrogens is 229 g/mol. The number of halogens is 1. The Labute approximate surface area is 105 Å². The molecule has 2 aromatic rings. The molecule has 2 N–H and O–H groups in total. The summed E-state index contributed by atoms with van der Waals surface area (Å²) in [6, 6.07) is 4.91. The molecule has 1 aromatic heterocycles. The number of fused-ring (bicyclic) bond motifs is 1. The molecule has 1 heterocycles. The Hall–Kier alpha value is -1.68. The summed E-state index contributed by atoms with van der Waals surface area (Å²) in [5.41, 5.74) is 8.19. The normalized spacial score (nSPS) is 22.2. The topological polar surface area (TPSA) is 43.8 Å². The van der Waals surface area contributed by atoms with Crippen molar-refractivity contribution in [1.82, 2.24) is 9.55 Å². The Morgan fingerprint density at radius 2 is 2.33 bits per heavy atom. The summed E-state index contributed by atoms with van der Waals surface area (Å²) in [6.45, 7) is 0. The van der Waals surface area contributed by atoms with Crippen LogP contribution in [0.1, 0.15) is 23.4 Å². The Morgan fingerprint density at radius 3 is 3.06 bits per heavy atom. The number of hydrogen-bond donors (Lipinski definition) is 1.